The molecular weight excluding hydrogens is 160 g/mol. The average Bonchev–Trinajstić information content (AvgIpc) is 2.16. The molecule has 72 valence electrons. The van der Waals surface area contributed by atoms with Gasteiger partial charge in [-0.1, -0.05) is 20.8 Å². The average molecular weight is 178 g/mol. The highest BCUT2D eigenvalue weighted by Gasteiger charge is 2.13. The van der Waals surface area contributed by atoms with Crippen LogP contribution >= 0.6 is 0 Å². The topological polar surface area (TPSA) is 38.9 Å². The van der Waals surface area contributed by atoms with Gasteiger partial charge in [0.05, 0.1) is 0 Å². The molecule has 0 spiro atoms. The zero-order chi connectivity index (χ0) is 9.84. The second-order valence-corrected chi connectivity index (χ2v) is 3.70. The van der Waals surface area contributed by atoms with Crippen LogP contribution in [0.4, 0.5) is 0 Å². The van der Waals surface area contributed by atoms with Crippen molar-refractivity contribution < 1.29 is 0 Å². The lowest BCUT2D eigenvalue weighted by atomic mass is 9.94. The highest BCUT2D eigenvalue weighted by atomic mass is 14.7. The van der Waals surface area contributed by atoms with Crippen LogP contribution in [0.5, 0.6) is 0 Å². The molecule has 1 atom stereocenters. The van der Waals surface area contributed by atoms with Gasteiger partial charge in [-0.3, -0.25) is 4.98 Å². The van der Waals surface area contributed by atoms with E-state index in [0.29, 0.717) is 5.92 Å². The Morgan fingerprint density at radius 3 is 2.69 bits per heavy atom. The third kappa shape index (κ3) is 2.28. The molecule has 1 rings (SSSR count). The highest BCUT2D eigenvalue weighted by Crippen LogP contribution is 2.21. The fourth-order valence-electron chi connectivity index (χ4n) is 1.42. The molecule has 0 unspecified atom stereocenters. The predicted molar refractivity (Wildman–Crippen MR) is 55.4 cm³/mol. The zero-order valence-electron chi connectivity index (χ0n) is 8.62. The van der Waals surface area contributed by atoms with Gasteiger partial charge in [0.15, 0.2) is 0 Å². The number of nitrogens with two attached hydrogens (primary N) is 1. The Kier molecular flexibility index (Phi) is 3.43. The second-order valence-electron chi connectivity index (χ2n) is 3.70. The van der Waals surface area contributed by atoms with E-state index in [1.807, 2.05) is 12.4 Å². The van der Waals surface area contributed by atoms with Crippen molar-refractivity contribution in [2.75, 3.05) is 0 Å². The van der Waals surface area contributed by atoms with E-state index in [4.69, 9.17) is 5.73 Å². The minimum Gasteiger partial charge on any atom is -0.324 e. The molecule has 1 aromatic rings. The summed E-state index contributed by atoms with van der Waals surface area (Å²) >= 11 is 0. The minimum absolute atomic E-state index is 0.114. The fraction of sp³-hybridized carbons (Fsp3) is 0.545. The molecule has 0 aliphatic carbocycles. The first-order chi connectivity index (χ1) is 6.16. The Labute approximate surface area is 80.2 Å². The monoisotopic (exact) mass is 178 g/mol. The van der Waals surface area contributed by atoms with E-state index >= 15 is 0 Å². The number of rotatable bonds is 3. The Balaban J connectivity index is 2.98. The molecule has 2 heteroatoms. The van der Waals surface area contributed by atoms with E-state index in [-0.39, 0.29) is 6.04 Å². The molecule has 0 saturated heterocycles. The molecule has 13 heavy (non-hydrogen) atoms. The van der Waals surface area contributed by atoms with E-state index < -0.39 is 0 Å². The first-order valence-corrected chi connectivity index (χ1v) is 4.85. The van der Waals surface area contributed by atoms with Crippen LogP contribution < -0.4 is 5.73 Å². The van der Waals surface area contributed by atoms with Gasteiger partial charge in [0, 0.05) is 18.4 Å². The van der Waals surface area contributed by atoms with Crippen LogP contribution in [0.2, 0.25) is 0 Å². The molecule has 0 saturated carbocycles. The highest BCUT2D eigenvalue weighted by molar-refractivity contribution is 5.26. The summed E-state index contributed by atoms with van der Waals surface area (Å²) in [4.78, 5) is 4.12. The Morgan fingerprint density at radius 2 is 2.15 bits per heavy atom. The van der Waals surface area contributed by atoms with E-state index in [0.717, 1.165) is 6.42 Å². The van der Waals surface area contributed by atoms with E-state index in [1.54, 1.807) is 0 Å². The lowest BCUT2D eigenvalue weighted by Gasteiger charge is -2.18. The third-order valence-electron chi connectivity index (χ3n) is 2.40. The summed E-state index contributed by atoms with van der Waals surface area (Å²) in [6.07, 6.45) is 4.75. The summed E-state index contributed by atoms with van der Waals surface area (Å²) in [5.74, 6) is 0.467. The SMILES string of the molecule is CCc1ccncc1[C@@H](N)C(C)C. The van der Waals surface area contributed by atoms with Crippen LogP contribution in [0.15, 0.2) is 18.5 Å². The molecule has 0 aliphatic heterocycles. The first kappa shape index (κ1) is 10.2. The molecule has 1 aromatic heterocycles. The summed E-state index contributed by atoms with van der Waals surface area (Å²) < 4.78 is 0. The van der Waals surface area contributed by atoms with Crippen LogP contribution in [0.1, 0.15) is 37.9 Å². The van der Waals surface area contributed by atoms with Gasteiger partial charge in [0.1, 0.15) is 0 Å². The van der Waals surface area contributed by atoms with Crippen molar-refractivity contribution in [3.05, 3.63) is 29.6 Å². The Morgan fingerprint density at radius 1 is 1.46 bits per heavy atom. The van der Waals surface area contributed by atoms with Crippen molar-refractivity contribution in [1.82, 2.24) is 4.98 Å². The summed E-state index contributed by atoms with van der Waals surface area (Å²) in [6.45, 7) is 6.42. The number of aryl methyl sites for hydroxylation is 1. The van der Waals surface area contributed by atoms with Gasteiger partial charge in [0.2, 0.25) is 0 Å². The number of hydrogen-bond acceptors (Lipinski definition) is 2. The third-order valence-corrected chi connectivity index (χ3v) is 2.40. The zero-order valence-corrected chi connectivity index (χ0v) is 8.62. The van der Waals surface area contributed by atoms with Crippen molar-refractivity contribution >= 4 is 0 Å². The molecule has 0 bridgehead atoms. The number of pyridine rings is 1. The molecule has 2 nitrogen and oxygen atoms in total. The molecular formula is C11H18N2. The van der Waals surface area contributed by atoms with Gasteiger partial charge in [-0.25, -0.2) is 0 Å². The lowest BCUT2D eigenvalue weighted by Crippen LogP contribution is -2.18. The lowest BCUT2D eigenvalue weighted by molar-refractivity contribution is 0.509. The second kappa shape index (κ2) is 4.38. The van der Waals surface area contributed by atoms with Crippen LogP contribution in [0.3, 0.4) is 0 Å². The van der Waals surface area contributed by atoms with E-state index in [1.165, 1.54) is 11.1 Å². The molecule has 1 heterocycles. The van der Waals surface area contributed by atoms with Gasteiger partial charge >= 0.3 is 0 Å². The number of aromatic nitrogens is 1. The largest absolute Gasteiger partial charge is 0.324 e. The van der Waals surface area contributed by atoms with Crippen LogP contribution in [0.25, 0.3) is 0 Å². The van der Waals surface area contributed by atoms with E-state index in [2.05, 4.69) is 31.8 Å². The Bertz CT molecular complexity index is 269. The molecule has 0 radical (unpaired) electrons. The maximum Gasteiger partial charge on any atom is 0.0336 e. The number of hydrogen-bond donors (Lipinski definition) is 1. The fourth-order valence-corrected chi connectivity index (χ4v) is 1.42. The maximum absolute atomic E-state index is 6.07. The normalized spacial score (nSPS) is 13.3. The van der Waals surface area contributed by atoms with Gasteiger partial charge in [-0.15, -0.1) is 0 Å². The summed E-state index contributed by atoms with van der Waals surface area (Å²) in [5, 5.41) is 0. The van der Waals surface area contributed by atoms with E-state index in [9.17, 15) is 0 Å². The van der Waals surface area contributed by atoms with Crippen molar-refractivity contribution in [3.63, 3.8) is 0 Å². The molecule has 0 fully saturated rings. The van der Waals surface area contributed by atoms with Crippen LogP contribution in [0, 0.1) is 5.92 Å². The summed E-state index contributed by atoms with van der Waals surface area (Å²) in [5.41, 5.74) is 8.58. The van der Waals surface area contributed by atoms with Gasteiger partial charge in [-0.2, -0.15) is 0 Å². The van der Waals surface area contributed by atoms with Crippen molar-refractivity contribution in [2.24, 2.45) is 11.7 Å². The van der Waals surface area contributed by atoms with Crippen molar-refractivity contribution in [2.45, 2.75) is 33.2 Å². The molecule has 0 aliphatic rings. The standard InChI is InChI=1S/C11H18N2/c1-4-9-5-6-13-7-10(9)11(12)8(2)3/h5-8,11H,4,12H2,1-3H3/t11-/m0/s1. The van der Waals surface area contributed by atoms with Crippen LogP contribution in [-0.4, -0.2) is 4.98 Å². The van der Waals surface area contributed by atoms with Crippen molar-refractivity contribution in [1.29, 1.82) is 0 Å². The maximum atomic E-state index is 6.07. The van der Waals surface area contributed by atoms with Gasteiger partial charge < -0.3 is 5.73 Å². The molecule has 0 amide bonds. The quantitative estimate of drug-likeness (QED) is 0.771. The van der Waals surface area contributed by atoms with Crippen molar-refractivity contribution in [3.8, 4) is 0 Å². The van der Waals surface area contributed by atoms with Crippen LogP contribution in [-0.2, 0) is 6.42 Å². The van der Waals surface area contributed by atoms with Gasteiger partial charge in [-0.05, 0) is 29.5 Å². The summed E-state index contributed by atoms with van der Waals surface area (Å²) in [7, 11) is 0. The summed E-state index contributed by atoms with van der Waals surface area (Å²) in [6, 6.07) is 2.17. The Hall–Kier alpha value is -0.890. The number of nitrogens with zero attached hydrogens (tertiary/aromatic N) is 1. The molecule has 0 aromatic carbocycles. The smallest absolute Gasteiger partial charge is 0.0336 e. The first-order valence-electron chi connectivity index (χ1n) is 4.85. The minimum atomic E-state index is 0.114. The molecule has 2 N–H and O–H groups in total. The van der Waals surface area contributed by atoms with Gasteiger partial charge in [0.25, 0.3) is 0 Å². The predicted octanol–water partition coefficient (Wildman–Crippen LogP) is 2.30.